The molecule has 8 nitrogen and oxygen atoms in total. The van der Waals surface area contributed by atoms with Gasteiger partial charge in [-0.3, -0.25) is 9.48 Å². The summed E-state index contributed by atoms with van der Waals surface area (Å²) in [4.78, 5) is 12.3. The normalized spacial score (nSPS) is 27.1. The summed E-state index contributed by atoms with van der Waals surface area (Å²) in [5.74, 6) is -0.677. The molecular weight excluding hydrogens is 401 g/mol. The van der Waals surface area contributed by atoms with E-state index in [2.05, 4.69) is 32.5 Å². The predicted molar refractivity (Wildman–Crippen MR) is 101 cm³/mol. The zero-order chi connectivity index (χ0) is 21.5. The quantitative estimate of drug-likeness (QED) is 0.717. The Morgan fingerprint density at radius 1 is 1.33 bits per heavy atom. The van der Waals surface area contributed by atoms with Crippen LogP contribution in [0.4, 0.5) is 19.0 Å². The summed E-state index contributed by atoms with van der Waals surface area (Å²) in [6, 6.07) is -0.125. The van der Waals surface area contributed by atoms with Crippen molar-refractivity contribution in [2.45, 2.75) is 49.7 Å². The van der Waals surface area contributed by atoms with Gasteiger partial charge in [-0.2, -0.15) is 18.3 Å². The Kier molecular flexibility index (Phi) is 5.07. The lowest BCUT2D eigenvalue weighted by atomic mass is 9.85. The molecule has 0 aromatic carbocycles. The van der Waals surface area contributed by atoms with Crippen molar-refractivity contribution >= 4 is 11.7 Å². The van der Waals surface area contributed by atoms with Crippen molar-refractivity contribution in [1.82, 2.24) is 25.3 Å². The van der Waals surface area contributed by atoms with Crippen molar-refractivity contribution in [3.8, 4) is 11.5 Å². The number of alkyl halides is 3. The minimum Gasteiger partial charge on any atom is -0.419 e. The average Bonchev–Trinajstić information content (AvgIpc) is 3.40. The molecule has 0 radical (unpaired) electrons. The summed E-state index contributed by atoms with van der Waals surface area (Å²) in [7, 11) is 1.72. The van der Waals surface area contributed by atoms with Crippen LogP contribution in [0.25, 0.3) is 11.5 Å². The molecule has 4 rings (SSSR count). The van der Waals surface area contributed by atoms with Gasteiger partial charge in [-0.25, -0.2) is 0 Å². The maximum Gasteiger partial charge on any atom is 0.391 e. The molecule has 1 aliphatic heterocycles. The second kappa shape index (κ2) is 7.44. The zero-order valence-corrected chi connectivity index (χ0v) is 16.5. The molecule has 0 spiro atoms. The number of hydrogen-bond acceptors (Lipinski definition) is 6. The highest BCUT2D eigenvalue weighted by molar-refractivity contribution is 5.91. The van der Waals surface area contributed by atoms with Crippen molar-refractivity contribution in [3.63, 3.8) is 0 Å². The van der Waals surface area contributed by atoms with E-state index >= 15 is 0 Å². The molecule has 11 heteroatoms. The van der Waals surface area contributed by atoms with Gasteiger partial charge in [0.2, 0.25) is 11.8 Å². The molecule has 2 fully saturated rings. The van der Waals surface area contributed by atoms with Gasteiger partial charge in [-0.1, -0.05) is 6.08 Å². The van der Waals surface area contributed by atoms with Crippen molar-refractivity contribution in [3.05, 3.63) is 24.7 Å². The highest BCUT2D eigenvalue weighted by Gasteiger charge is 2.46. The molecular formula is C19H23F3N6O2. The molecule has 2 N–H and O–H groups in total. The summed E-state index contributed by atoms with van der Waals surface area (Å²) in [5, 5.41) is 18.5. The molecule has 1 aliphatic carbocycles. The Hall–Kier alpha value is -2.85. The second-order valence-electron chi connectivity index (χ2n) is 7.89. The van der Waals surface area contributed by atoms with E-state index in [1.807, 2.05) is 0 Å². The van der Waals surface area contributed by atoms with E-state index in [9.17, 15) is 18.0 Å². The van der Waals surface area contributed by atoms with Gasteiger partial charge in [0.1, 0.15) is 11.0 Å². The molecule has 2 aromatic rings. The number of carbonyl (C=O) groups is 1. The summed E-state index contributed by atoms with van der Waals surface area (Å²) in [6.45, 7) is 4.24. The number of halogens is 3. The molecule has 1 saturated heterocycles. The first-order chi connectivity index (χ1) is 14.2. The number of amides is 1. The van der Waals surface area contributed by atoms with Crippen LogP contribution >= 0.6 is 0 Å². The summed E-state index contributed by atoms with van der Waals surface area (Å²) >= 11 is 0. The minimum atomic E-state index is -4.14. The van der Waals surface area contributed by atoms with Crippen LogP contribution in [0.3, 0.4) is 0 Å². The number of nitrogens with one attached hydrogen (secondary N) is 2. The van der Waals surface area contributed by atoms with Crippen molar-refractivity contribution in [1.29, 1.82) is 0 Å². The van der Waals surface area contributed by atoms with Crippen LogP contribution in [0.2, 0.25) is 0 Å². The minimum absolute atomic E-state index is 0.0883. The van der Waals surface area contributed by atoms with Crippen LogP contribution in [-0.2, 0) is 17.3 Å². The summed E-state index contributed by atoms with van der Waals surface area (Å²) < 4.78 is 46.1. The molecule has 2 aliphatic rings. The Morgan fingerprint density at radius 3 is 2.67 bits per heavy atom. The van der Waals surface area contributed by atoms with Gasteiger partial charge in [-0.05, 0) is 32.1 Å². The van der Waals surface area contributed by atoms with Gasteiger partial charge >= 0.3 is 6.18 Å². The van der Waals surface area contributed by atoms with Gasteiger partial charge in [0, 0.05) is 25.8 Å². The third-order valence-corrected chi connectivity index (χ3v) is 5.96. The first-order valence-electron chi connectivity index (χ1n) is 9.86. The number of aromatic nitrogens is 4. The van der Waals surface area contributed by atoms with Crippen LogP contribution in [0.1, 0.15) is 38.0 Å². The standard InChI is InChI=1S/C19H23F3N6O2/c1-3-18(8-9-23-16(18)29)17-26-25-15(30-17)13-10-28(2)27-14(13)24-12-6-4-11(5-7-12)19(20,21)22/h3,10-12H,1,4-9H2,2H3,(H,23,29)(H,24,27)/t11?,12?,18-/m1/s1. The number of hydrogen-bond donors (Lipinski definition) is 2. The zero-order valence-electron chi connectivity index (χ0n) is 16.5. The first kappa shape index (κ1) is 20.4. The summed E-state index contributed by atoms with van der Waals surface area (Å²) in [5.41, 5.74) is -0.524. The Morgan fingerprint density at radius 2 is 2.07 bits per heavy atom. The van der Waals surface area contributed by atoms with Crippen molar-refractivity contribution < 1.29 is 22.4 Å². The van der Waals surface area contributed by atoms with E-state index < -0.39 is 17.5 Å². The molecule has 1 atom stereocenters. The largest absolute Gasteiger partial charge is 0.419 e. The van der Waals surface area contributed by atoms with Crippen molar-refractivity contribution in [2.24, 2.45) is 13.0 Å². The Labute approximate surface area is 170 Å². The van der Waals surface area contributed by atoms with Crippen molar-refractivity contribution in [2.75, 3.05) is 11.9 Å². The molecule has 0 unspecified atom stereocenters. The topological polar surface area (TPSA) is 97.9 Å². The molecule has 30 heavy (non-hydrogen) atoms. The maximum absolute atomic E-state index is 12.9. The lowest BCUT2D eigenvalue weighted by molar-refractivity contribution is -0.182. The molecule has 0 bridgehead atoms. The van der Waals surface area contributed by atoms with Crippen LogP contribution in [-0.4, -0.2) is 44.6 Å². The van der Waals surface area contributed by atoms with Gasteiger partial charge in [0.05, 0.1) is 5.92 Å². The molecule has 1 amide bonds. The number of aryl methyl sites for hydroxylation is 1. The SMILES string of the molecule is C=C[C@@]1(c2nnc(-c3cn(C)nc3NC3CCC(C(F)(F)F)CC3)o2)CCNC1=O. The third kappa shape index (κ3) is 3.56. The van der Waals surface area contributed by atoms with Crippen LogP contribution in [0.15, 0.2) is 23.3 Å². The number of anilines is 1. The smallest absolute Gasteiger partial charge is 0.391 e. The molecule has 162 valence electrons. The fourth-order valence-corrected chi connectivity index (χ4v) is 4.15. The van der Waals surface area contributed by atoms with Gasteiger partial charge in [0.25, 0.3) is 5.89 Å². The van der Waals surface area contributed by atoms with E-state index in [0.717, 1.165) is 0 Å². The monoisotopic (exact) mass is 424 g/mol. The van der Waals surface area contributed by atoms with E-state index in [1.165, 1.54) is 6.08 Å². The van der Waals surface area contributed by atoms with Gasteiger partial charge < -0.3 is 15.1 Å². The van der Waals surface area contributed by atoms with Crippen LogP contribution < -0.4 is 10.6 Å². The van der Waals surface area contributed by atoms with Crippen LogP contribution in [0.5, 0.6) is 0 Å². The number of rotatable bonds is 5. The van der Waals surface area contributed by atoms with Gasteiger partial charge in [-0.15, -0.1) is 16.8 Å². The Bertz CT molecular complexity index is 944. The first-order valence-corrected chi connectivity index (χ1v) is 9.86. The molecule has 1 saturated carbocycles. The number of nitrogens with zero attached hydrogens (tertiary/aromatic N) is 4. The van der Waals surface area contributed by atoms with E-state index in [-0.39, 0.29) is 36.6 Å². The van der Waals surface area contributed by atoms with E-state index in [1.54, 1.807) is 17.9 Å². The fourth-order valence-electron chi connectivity index (χ4n) is 4.15. The maximum atomic E-state index is 12.9. The average molecular weight is 424 g/mol. The van der Waals surface area contributed by atoms with E-state index in [4.69, 9.17) is 4.42 Å². The second-order valence-corrected chi connectivity index (χ2v) is 7.89. The third-order valence-electron chi connectivity index (χ3n) is 5.96. The van der Waals surface area contributed by atoms with Gasteiger partial charge in [0.15, 0.2) is 5.82 Å². The van der Waals surface area contributed by atoms with E-state index in [0.29, 0.717) is 37.2 Å². The fraction of sp³-hybridized carbons (Fsp3) is 0.579. The lowest BCUT2D eigenvalue weighted by Gasteiger charge is -2.30. The molecule has 2 aromatic heterocycles. The highest BCUT2D eigenvalue weighted by Crippen LogP contribution is 2.39. The Balaban J connectivity index is 1.53. The lowest BCUT2D eigenvalue weighted by Crippen LogP contribution is -2.33. The van der Waals surface area contributed by atoms with Crippen LogP contribution in [0, 0.1) is 5.92 Å². The molecule has 3 heterocycles. The highest BCUT2D eigenvalue weighted by atomic mass is 19.4. The number of carbonyl (C=O) groups excluding carboxylic acids is 1. The predicted octanol–water partition coefficient (Wildman–Crippen LogP) is 2.95. The summed E-state index contributed by atoms with van der Waals surface area (Å²) in [6.07, 6.45) is 0.497.